The number of nitriles is 1. The van der Waals surface area contributed by atoms with E-state index in [1.54, 1.807) is 30.3 Å². The molecule has 0 radical (unpaired) electrons. The summed E-state index contributed by atoms with van der Waals surface area (Å²) in [7, 11) is -3.16. The summed E-state index contributed by atoms with van der Waals surface area (Å²) in [5.41, 5.74) is -0.465. The summed E-state index contributed by atoms with van der Waals surface area (Å²) in [5, 5.41) is 19.6. The van der Waals surface area contributed by atoms with Gasteiger partial charge in [0.15, 0.2) is 11.4 Å². The molecule has 0 spiro atoms. The Morgan fingerprint density at radius 3 is 2.55 bits per heavy atom. The molecule has 0 aliphatic rings. The number of H-pyrrole nitrogens is 1. The Kier molecular flexibility index (Phi) is 6.61. The third-order valence-electron chi connectivity index (χ3n) is 4.01. The topological polar surface area (TPSA) is 159 Å². The summed E-state index contributed by atoms with van der Waals surface area (Å²) in [6.45, 7) is 0.276. The van der Waals surface area contributed by atoms with Crippen LogP contribution in [0.25, 0.3) is 5.69 Å². The normalized spacial score (nSPS) is 11.5. The minimum absolute atomic E-state index is 0.0162. The van der Waals surface area contributed by atoms with Crippen LogP contribution in [-0.2, 0) is 14.9 Å². The van der Waals surface area contributed by atoms with Crippen LogP contribution in [0.2, 0.25) is 0 Å². The minimum Gasteiger partial charge on any atom is -0.490 e. The molecular formula is C19H17N5O6S. The summed E-state index contributed by atoms with van der Waals surface area (Å²) in [6.07, 6.45) is 0. The van der Waals surface area contributed by atoms with Crippen LogP contribution in [0.5, 0.6) is 5.75 Å². The Morgan fingerprint density at radius 1 is 1.16 bits per heavy atom. The van der Waals surface area contributed by atoms with Crippen LogP contribution in [0.1, 0.15) is 5.69 Å². The second-order valence-corrected chi connectivity index (χ2v) is 7.46. The molecule has 0 aliphatic carbocycles. The average molecular weight is 443 g/mol. The number of benzene rings is 2. The van der Waals surface area contributed by atoms with Gasteiger partial charge < -0.3 is 9.47 Å². The van der Waals surface area contributed by atoms with Crippen LogP contribution in [0, 0.1) is 11.3 Å². The zero-order valence-corrected chi connectivity index (χ0v) is 17.0. The van der Waals surface area contributed by atoms with Gasteiger partial charge in [-0.25, -0.2) is 4.68 Å². The molecular weight excluding hydrogens is 426 g/mol. The number of azo groups is 1. The predicted octanol–water partition coefficient (Wildman–Crippen LogP) is 2.72. The molecule has 0 saturated carbocycles. The standard InChI is InChI=1S/C19H17N5O6S/c1-29-9-10-30-16-8-7-13(11-17(16)31(26,27)28)21-22-18-15(12-20)23-24(19(18)25)14-5-3-2-4-6-14/h2-8,11,23H,9-10H2,1H3,(H,26,27,28). The quantitative estimate of drug-likeness (QED) is 0.307. The largest absolute Gasteiger partial charge is 0.490 e. The lowest BCUT2D eigenvalue weighted by molar-refractivity contribution is 0.144. The van der Waals surface area contributed by atoms with E-state index < -0.39 is 20.6 Å². The highest BCUT2D eigenvalue weighted by Gasteiger charge is 2.19. The first kappa shape index (κ1) is 21.9. The number of para-hydroxylation sites is 1. The number of hydrogen-bond donors (Lipinski definition) is 2. The van der Waals surface area contributed by atoms with Gasteiger partial charge in [-0.3, -0.25) is 14.4 Å². The van der Waals surface area contributed by atoms with Gasteiger partial charge in [0.2, 0.25) is 0 Å². The van der Waals surface area contributed by atoms with E-state index in [1.807, 2.05) is 6.07 Å². The van der Waals surface area contributed by atoms with Gasteiger partial charge in [0.05, 0.1) is 18.0 Å². The van der Waals surface area contributed by atoms with E-state index in [0.29, 0.717) is 5.69 Å². The number of hydrogen-bond acceptors (Lipinski definition) is 8. The molecule has 0 aliphatic heterocycles. The predicted molar refractivity (Wildman–Crippen MR) is 109 cm³/mol. The molecule has 11 nitrogen and oxygen atoms in total. The van der Waals surface area contributed by atoms with Crippen LogP contribution in [0.3, 0.4) is 0 Å². The number of aromatic amines is 1. The van der Waals surface area contributed by atoms with Crippen LogP contribution < -0.4 is 10.3 Å². The Balaban J connectivity index is 1.98. The molecule has 2 N–H and O–H groups in total. The number of aromatic nitrogens is 2. The molecule has 0 bridgehead atoms. The van der Waals surface area contributed by atoms with Crippen molar-refractivity contribution in [2.24, 2.45) is 10.2 Å². The van der Waals surface area contributed by atoms with Crippen molar-refractivity contribution in [2.75, 3.05) is 20.3 Å². The van der Waals surface area contributed by atoms with E-state index in [-0.39, 0.29) is 36.0 Å². The maximum Gasteiger partial charge on any atom is 0.300 e. The van der Waals surface area contributed by atoms with Crippen molar-refractivity contribution in [1.29, 1.82) is 5.26 Å². The van der Waals surface area contributed by atoms with Crippen LogP contribution in [-0.4, -0.2) is 43.1 Å². The van der Waals surface area contributed by atoms with Gasteiger partial charge in [0.1, 0.15) is 23.3 Å². The summed E-state index contributed by atoms with van der Waals surface area (Å²) in [4.78, 5) is 12.1. The molecule has 0 fully saturated rings. The SMILES string of the molecule is COCCOc1ccc(N=Nc2c(C#N)[nH]n(-c3ccccc3)c2=O)cc1S(=O)(=O)O. The van der Waals surface area contributed by atoms with E-state index in [0.717, 1.165) is 10.7 Å². The third kappa shape index (κ3) is 5.04. The Bertz CT molecular complexity index is 1310. The van der Waals surface area contributed by atoms with E-state index in [1.165, 1.54) is 19.2 Å². The fourth-order valence-electron chi connectivity index (χ4n) is 2.58. The van der Waals surface area contributed by atoms with Gasteiger partial charge in [-0.15, -0.1) is 5.11 Å². The minimum atomic E-state index is -4.62. The van der Waals surface area contributed by atoms with Gasteiger partial charge in [0.25, 0.3) is 15.7 Å². The highest BCUT2D eigenvalue weighted by Crippen LogP contribution is 2.29. The summed E-state index contributed by atoms with van der Waals surface area (Å²) < 4.78 is 44.1. The Morgan fingerprint density at radius 2 is 1.90 bits per heavy atom. The molecule has 0 atom stereocenters. The van der Waals surface area contributed by atoms with Crippen LogP contribution >= 0.6 is 0 Å². The molecule has 3 rings (SSSR count). The van der Waals surface area contributed by atoms with Crippen molar-refractivity contribution in [3.05, 3.63) is 64.6 Å². The van der Waals surface area contributed by atoms with Gasteiger partial charge in [-0.05, 0) is 30.3 Å². The zero-order chi connectivity index (χ0) is 22.4. The van der Waals surface area contributed by atoms with Crippen LogP contribution in [0.4, 0.5) is 11.4 Å². The molecule has 1 aromatic heterocycles. The first-order valence-corrected chi connectivity index (χ1v) is 10.2. The van der Waals surface area contributed by atoms with Crippen molar-refractivity contribution in [2.45, 2.75) is 4.90 Å². The summed E-state index contributed by atoms with van der Waals surface area (Å²) in [5.74, 6) is -0.0932. The van der Waals surface area contributed by atoms with E-state index in [2.05, 4.69) is 15.3 Å². The third-order valence-corrected chi connectivity index (χ3v) is 4.88. The van der Waals surface area contributed by atoms with Gasteiger partial charge >= 0.3 is 0 Å². The number of methoxy groups -OCH3 is 1. The zero-order valence-electron chi connectivity index (χ0n) is 16.2. The lowest BCUT2D eigenvalue weighted by Crippen LogP contribution is -2.13. The molecule has 1 heterocycles. The highest BCUT2D eigenvalue weighted by molar-refractivity contribution is 7.86. The first-order chi connectivity index (χ1) is 14.8. The Hall–Kier alpha value is -3.79. The molecule has 12 heteroatoms. The van der Waals surface area contributed by atoms with Gasteiger partial charge in [0, 0.05) is 7.11 Å². The van der Waals surface area contributed by atoms with E-state index in [9.17, 15) is 23.0 Å². The molecule has 0 amide bonds. The summed E-state index contributed by atoms with van der Waals surface area (Å²) >= 11 is 0. The Labute approximate surface area is 176 Å². The fourth-order valence-corrected chi connectivity index (χ4v) is 3.23. The first-order valence-electron chi connectivity index (χ1n) is 8.80. The summed E-state index contributed by atoms with van der Waals surface area (Å²) in [6, 6.07) is 14.1. The van der Waals surface area contributed by atoms with Gasteiger partial charge in [-0.1, -0.05) is 18.2 Å². The smallest absolute Gasteiger partial charge is 0.300 e. The van der Waals surface area contributed by atoms with Crippen molar-refractivity contribution in [3.8, 4) is 17.5 Å². The van der Waals surface area contributed by atoms with E-state index in [4.69, 9.17) is 9.47 Å². The number of nitrogens with one attached hydrogen (secondary N) is 1. The number of ether oxygens (including phenoxy) is 2. The van der Waals surface area contributed by atoms with Gasteiger partial charge in [-0.2, -0.15) is 18.8 Å². The van der Waals surface area contributed by atoms with E-state index >= 15 is 0 Å². The highest BCUT2D eigenvalue weighted by atomic mass is 32.2. The van der Waals surface area contributed by atoms with Crippen molar-refractivity contribution in [3.63, 3.8) is 0 Å². The van der Waals surface area contributed by atoms with Crippen molar-refractivity contribution in [1.82, 2.24) is 9.78 Å². The molecule has 3 aromatic rings. The lowest BCUT2D eigenvalue weighted by Gasteiger charge is -2.09. The maximum atomic E-state index is 12.7. The number of rotatable bonds is 8. The fraction of sp³-hybridized carbons (Fsp3) is 0.158. The molecule has 0 saturated heterocycles. The second-order valence-electron chi connectivity index (χ2n) is 6.07. The molecule has 31 heavy (non-hydrogen) atoms. The average Bonchev–Trinajstić information content (AvgIpc) is 3.08. The molecule has 0 unspecified atom stereocenters. The van der Waals surface area contributed by atoms with Crippen LogP contribution in [0.15, 0.2) is 68.4 Å². The number of nitrogens with zero attached hydrogens (tertiary/aromatic N) is 4. The van der Waals surface area contributed by atoms with Crippen molar-refractivity contribution >= 4 is 21.5 Å². The van der Waals surface area contributed by atoms with Crippen molar-refractivity contribution < 1.29 is 22.4 Å². The molecule has 160 valence electrons. The second kappa shape index (κ2) is 9.35. The maximum absolute atomic E-state index is 12.7. The lowest BCUT2D eigenvalue weighted by atomic mass is 10.3. The monoisotopic (exact) mass is 443 g/mol. The molecule has 2 aromatic carbocycles.